The molecule has 0 bridgehead atoms. The molecule has 0 aliphatic carbocycles. The minimum absolute atomic E-state index is 0.117. The largest absolute Gasteiger partial charge is 0.484 e. The summed E-state index contributed by atoms with van der Waals surface area (Å²) in [5.74, 6) is 0.114. The standard InChI is InChI=1S/C13H12BrClN2O2S/c14-11-5-10(20-13(11)15)6-17-8-1-3-9(4-2-8)19-7-12(16)18/h1-5,17H,6-7H2,(H2,16,18). The van der Waals surface area contributed by atoms with Crippen LogP contribution in [0.3, 0.4) is 0 Å². The van der Waals surface area contributed by atoms with Gasteiger partial charge in [0.2, 0.25) is 0 Å². The predicted octanol–water partition coefficient (Wildman–Crippen LogP) is 3.64. The Hall–Kier alpha value is -1.24. The fraction of sp³-hybridized carbons (Fsp3) is 0.154. The number of nitrogens with one attached hydrogen (secondary N) is 1. The first-order valence-corrected chi connectivity index (χ1v) is 7.72. The van der Waals surface area contributed by atoms with E-state index < -0.39 is 5.91 Å². The highest BCUT2D eigenvalue weighted by molar-refractivity contribution is 9.10. The molecule has 0 radical (unpaired) electrons. The minimum atomic E-state index is -0.493. The van der Waals surface area contributed by atoms with Crippen molar-refractivity contribution in [1.82, 2.24) is 0 Å². The number of rotatable bonds is 6. The van der Waals surface area contributed by atoms with Crippen molar-refractivity contribution in [2.24, 2.45) is 5.73 Å². The predicted molar refractivity (Wildman–Crippen MR) is 85.5 cm³/mol. The molecule has 106 valence electrons. The number of carbonyl (C=O) groups is 1. The molecule has 0 fully saturated rings. The highest BCUT2D eigenvalue weighted by Gasteiger charge is 2.04. The monoisotopic (exact) mass is 374 g/mol. The Morgan fingerprint density at radius 3 is 2.65 bits per heavy atom. The number of hydrogen-bond acceptors (Lipinski definition) is 4. The van der Waals surface area contributed by atoms with E-state index in [1.807, 2.05) is 18.2 Å². The van der Waals surface area contributed by atoms with Crippen LogP contribution < -0.4 is 15.8 Å². The molecule has 7 heteroatoms. The van der Waals surface area contributed by atoms with Crippen LogP contribution in [-0.4, -0.2) is 12.5 Å². The van der Waals surface area contributed by atoms with Crippen molar-refractivity contribution in [1.29, 1.82) is 0 Å². The summed E-state index contributed by atoms with van der Waals surface area (Å²) in [5, 5.41) is 3.28. The molecule has 0 saturated heterocycles. The van der Waals surface area contributed by atoms with E-state index in [4.69, 9.17) is 22.1 Å². The molecule has 1 aromatic carbocycles. The van der Waals surface area contributed by atoms with Gasteiger partial charge in [0.15, 0.2) is 6.61 Å². The third-order valence-corrected chi connectivity index (χ3v) is 4.87. The van der Waals surface area contributed by atoms with Gasteiger partial charge in [-0.3, -0.25) is 4.79 Å². The van der Waals surface area contributed by atoms with Gasteiger partial charge in [-0.05, 0) is 46.3 Å². The van der Waals surface area contributed by atoms with Crippen LogP contribution in [-0.2, 0) is 11.3 Å². The smallest absolute Gasteiger partial charge is 0.255 e. The van der Waals surface area contributed by atoms with Gasteiger partial charge in [0.25, 0.3) is 5.91 Å². The second-order valence-electron chi connectivity index (χ2n) is 3.97. The van der Waals surface area contributed by atoms with Gasteiger partial charge in [0.05, 0.1) is 0 Å². The summed E-state index contributed by atoms with van der Waals surface area (Å²) in [5.41, 5.74) is 5.96. The summed E-state index contributed by atoms with van der Waals surface area (Å²) in [6.07, 6.45) is 0. The SMILES string of the molecule is NC(=O)COc1ccc(NCc2cc(Br)c(Cl)s2)cc1. The molecule has 1 heterocycles. The Balaban J connectivity index is 1.88. The minimum Gasteiger partial charge on any atom is -0.484 e. The van der Waals surface area contributed by atoms with E-state index in [1.165, 1.54) is 11.3 Å². The molecule has 0 atom stereocenters. The highest BCUT2D eigenvalue weighted by atomic mass is 79.9. The van der Waals surface area contributed by atoms with Crippen LogP contribution in [0.4, 0.5) is 5.69 Å². The number of anilines is 1. The van der Waals surface area contributed by atoms with Crippen LogP contribution in [0, 0.1) is 0 Å². The lowest BCUT2D eigenvalue weighted by Gasteiger charge is -2.07. The maximum Gasteiger partial charge on any atom is 0.255 e. The average molecular weight is 376 g/mol. The Kier molecular flexibility index (Phi) is 5.28. The van der Waals surface area contributed by atoms with Gasteiger partial charge in [0, 0.05) is 21.6 Å². The third-order valence-electron chi connectivity index (χ3n) is 2.40. The van der Waals surface area contributed by atoms with Crippen LogP contribution in [0.1, 0.15) is 4.88 Å². The van der Waals surface area contributed by atoms with Crippen LogP contribution in [0.2, 0.25) is 4.34 Å². The Labute approximate surface area is 134 Å². The molecule has 4 nitrogen and oxygen atoms in total. The fourth-order valence-corrected chi connectivity index (χ4v) is 3.22. The molecule has 1 amide bonds. The van der Waals surface area contributed by atoms with Crippen molar-refractivity contribution in [3.05, 3.63) is 44.0 Å². The summed E-state index contributed by atoms with van der Waals surface area (Å²) < 4.78 is 6.84. The average Bonchev–Trinajstić information content (AvgIpc) is 2.74. The number of amides is 1. The molecule has 2 aromatic rings. The molecule has 3 N–H and O–H groups in total. The molecule has 1 aromatic heterocycles. The first-order valence-electron chi connectivity index (χ1n) is 5.73. The zero-order valence-corrected chi connectivity index (χ0v) is 13.5. The number of halogens is 2. The number of benzene rings is 1. The lowest BCUT2D eigenvalue weighted by atomic mass is 10.3. The number of nitrogens with two attached hydrogens (primary N) is 1. The quantitative estimate of drug-likeness (QED) is 0.810. The van der Waals surface area contributed by atoms with E-state index in [-0.39, 0.29) is 6.61 Å². The zero-order chi connectivity index (χ0) is 14.5. The van der Waals surface area contributed by atoms with E-state index in [1.54, 1.807) is 12.1 Å². The van der Waals surface area contributed by atoms with Crippen LogP contribution in [0.25, 0.3) is 0 Å². The van der Waals surface area contributed by atoms with E-state index in [9.17, 15) is 4.79 Å². The number of primary amides is 1. The van der Waals surface area contributed by atoms with Crippen LogP contribution in [0.5, 0.6) is 5.75 Å². The second-order valence-corrected chi connectivity index (χ2v) is 6.56. The van der Waals surface area contributed by atoms with Gasteiger partial charge in [-0.1, -0.05) is 11.6 Å². The number of thiophene rings is 1. The molecule has 0 aliphatic rings. The molecule has 20 heavy (non-hydrogen) atoms. The van der Waals surface area contributed by atoms with Crippen molar-refractivity contribution < 1.29 is 9.53 Å². The van der Waals surface area contributed by atoms with E-state index in [2.05, 4.69) is 21.2 Å². The Morgan fingerprint density at radius 1 is 1.40 bits per heavy atom. The van der Waals surface area contributed by atoms with Crippen LogP contribution in [0.15, 0.2) is 34.8 Å². The summed E-state index contributed by atoms with van der Waals surface area (Å²) >= 11 is 10.9. The molecule has 0 spiro atoms. The van der Waals surface area contributed by atoms with Crippen molar-refractivity contribution in [3.8, 4) is 5.75 Å². The molecule has 2 rings (SSSR count). The molecule has 0 saturated carbocycles. The van der Waals surface area contributed by atoms with Crippen molar-refractivity contribution in [2.45, 2.75) is 6.54 Å². The normalized spacial score (nSPS) is 10.3. The topological polar surface area (TPSA) is 64.4 Å². The second kappa shape index (κ2) is 6.97. The molecular weight excluding hydrogens is 364 g/mol. The summed E-state index contributed by atoms with van der Waals surface area (Å²) in [7, 11) is 0. The summed E-state index contributed by atoms with van der Waals surface area (Å²) in [6.45, 7) is 0.575. The van der Waals surface area contributed by atoms with Gasteiger partial charge in [-0.2, -0.15) is 0 Å². The van der Waals surface area contributed by atoms with Gasteiger partial charge >= 0.3 is 0 Å². The first-order chi connectivity index (χ1) is 9.54. The van der Waals surface area contributed by atoms with E-state index in [0.29, 0.717) is 12.3 Å². The Bertz CT molecular complexity index is 581. The fourth-order valence-electron chi connectivity index (χ4n) is 1.49. The van der Waals surface area contributed by atoms with Gasteiger partial charge < -0.3 is 15.8 Å². The van der Waals surface area contributed by atoms with Crippen molar-refractivity contribution >= 4 is 50.5 Å². The highest BCUT2D eigenvalue weighted by Crippen LogP contribution is 2.32. The summed E-state index contributed by atoms with van der Waals surface area (Å²) in [6, 6.07) is 9.30. The van der Waals surface area contributed by atoms with Crippen molar-refractivity contribution in [3.63, 3.8) is 0 Å². The molecule has 0 unspecified atom stereocenters. The van der Waals surface area contributed by atoms with Gasteiger partial charge in [0.1, 0.15) is 10.1 Å². The lowest BCUT2D eigenvalue weighted by molar-refractivity contribution is -0.119. The maximum absolute atomic E-state index is 10.6. The molecular formula is C13H12BrClN2O2S. The maximum atomic E-state index is 10.6. The van der Waals surface area contributed by atoms with Crippen molar-refractivity contribution in [2.75, 3.05) is 11.9 Å². The Morgan fingerprint density at radius 2 is 2.10 bits per heavy atom. The van der Waals surface area contributed by atoms with E-state index in [0.717, 1.165) is 19.4 Å². The number of carbonyl (C=O) groups excluding carboxylic acids is 1. The van der Waals surface area contributed by atoms with Crippen LogP contribution >= 0.6 is 38.9 Å². The zero-order valence-electron chi connectivity index (χ0n) is 10.4. The first kappa shape index (κ1) is 15.2. The lowest BCUT2D eigenvalue weighted by Crippen LogP contribution is -2.19. The molecule has 0 aliphatic heterocycles. The number of hydrogen-bond donors (Lipinski definition) is 2. The third kappa shape index (κ3) is 4.40. The number of ether oxygens (including phenoxy) is 1. The summed E-state index contributed by atoms with van der Waals surface area (Å²) in [4.78, 5) is 11.7. The van der Waals surface area contributed by atoms with Gasteiger partial charge in [-0.15, -0.1) is 11.3 Å². The van der Waals surface area contributed by atoms with Gasteiger partial charge in [-0.25, -0.2) is 0 Å². The van der Waals surface area contributed by atoms with E-state index >= 15 is 0 Å².